The lowest BCUT2D eigenvalue weighted by Gasteiger charge is -2.39. The highest BCUT2D eigenvalue weighted by atomic mass is 35.5. The normalized spacial score (nSPS) is 22.3. The van der Waals surface area contributed by atoms with Gasteiger partial charge in [0.25, 0.3) is 5.91 Å². The zero-order valence-corrected chi connectivity index (χ0v) is 19.5. The summed E-state index contributed by atoms with van der Waals surface area (Å²) in [6.07, 6.45) is 2.09. The Hall–Kier alpha value is -3.35. The molecule has 174 valence electrons. The van der Waals surface area contributed by atoms with Gasteiger partial charge < -0.3 is 15.5 Å². The Kier molecular flexibility index (Phi) is 6.26. The van der Waals surface area contributed by atoms with Gasteiger partial charge in [-0.3, -0.25) is 10.1 Å². The molecule has 1 saturated heterocycles. The molecule has 2 heterocycles. The summed E-state index contributed by atoms with van der Waals surface area (Å²) in [7, 11) is 0. The first-order valence-corrected chi connectivity index (χ1v) is 12.0. The minimum Gasteiger partial charge on any atom is -0.325 e. The molecule has 3 N–H and O–H groups in total. The van der Waals surface area contributed by atoms with Crippen molar-refractivity contribution >= 4 is 29.2 Å². The van der Waals surface area contributed by atoms with Crippen molar-refractivity contribution in [3.05, 3.63) is 101 Å². The second-order valence-corrected chi connectivity index (χ2v) is 9.17. The standard InChI is InChI=1S/C27H27ClN4O2/c28-21-13-9-12-20(18-21)27(19-10-3-1-4-11-19)22-14-5-6-15-23(22)29-25(33)24(31-27)30-26(34)32-16-7-2-8-17-32/h1,3-6,9-15,18,24,31H,2,7-8,16-17H2,(H,29,33)(H,30,34). The van der Waals surface area contributed by atoms with Crippen LogP contribution in [0.3, 0.4) is 0 Å². The van der Waals surface area contributed by atoms with Crippen molar-refractivity contribution in [3.63, 3.8) is 0 Å². The summed E-state index contributed by atoms with van der Waals surface area (Å²) in [6.45, 7) is 1.39. The van der Waals surface area contributed by atoms with E-state index in [1.165, 1.54) is 0 Å². The number of hydrogen-bond donors (Lipinski definition) is 3. The van der Waals surface area contributed by atoms with Crippen LogP contribution in [-0.4, -0.2) is 36.1 Å². The Balaban J connectivity index is 1.65. The van der Waals surface area contributed by atoms with Crippen molar-refractivity contribution in [2.24, 2.45) is 0 Å². The number of piperidine rings is 1. The monoisotopic (exact) mass is 474 g/mol. The smallest absolute Gasteiger partial charge is 0.319 e. The highest BCUT2D eigenvalue weighted by Crippen LogP contribution is 2.42. The average Bonchev–Trinajstić information content (AvgIpc) is 3.00. The number of benzene rings is 3. The summed E-state index contributed by atoms with van der Waals surface area (Å²) in [4.78, 5) is 28.3. The lowest BCUT2D eigenvalue weighted by Crippen LogP contribution is -2.61. The molecule has 3 aromatic rings. The van der Waals surface area contributed by atoms with E-state index in [1.807, 2.05) is 78.9 Å². The highest BCUT2D eigenvalue weighted by molar-refractivity contribution is 6.30. The van der Waals surface area contributed by atoms with Crippen LogP contribution >= 0.6 is 11.6 Å². The third-order valence-electron chi connectivity index (χ3n) is 6.59. The number of urea groups is 1. The first-order chi connectivity index (χ1) is 16.6. The van der Waals surface area contributed by atoms with Crippen LogP contribution in [0.15, 0.2) is 78.9 Å². The average molecular weight is 475 g/mol. The van der Waals surface area contributed by atoms with Crippen LogP contribution in [0.2, 0.25) is 5.02 Å². The number of hydrogen-bond acceptors (Lipinski definition) is 3. The molecule has 2 atom stereocenters. The van der Waals surface area contributed by atoms with Crippen LogP contribution < -0.4 is 16.0 Å². The van der Waals surface area contributed by atoms with E-state index in [9.17, 15) is 9.59 Å². The number of halogens is 1. The van der Waals surface area contributed by atoms with Gasteiger partial charge in [-0.1, -0.05) is 72.3 Å². The molecule has 0 aromatic heterocycles. The number of likely N-dealkylation sites (tertiary alicyclic amines) is 1. The van der Waals surface area contributed by atoms with E-state index in [-0.39, 0.29) is 11.9 Å². The Morgan fingerprint density at radius 3 is 2.38 bits per heavy atom. The molecular formula is C27H27ClN4O2. The molecule has 2 unspecified atom stereocenters. The van der Waals surface area contributed by atoms with Crippen LogP contribution in [0, 0.1) is 0 Å². The Morgan fingerprint density at radius 1 is 0.912 bits per heavy atom. The maximum Gasteiger partial charge on any atom is 0.319 e. The summed E-state index contributed by atoms with van der Waals surface area (Å²) in [6, 6.07) is 25.0. The zero-order valence-electron chi connectivity index (χ0n) is 18.8. The molecule has 0 bridgehead atoms. The number of fused-ring (bicyclic) bond motifs is 1. The first-order valence-electron chi connectivity index (χ1n) is 11.6. The number of anilines is 1. The topological polar surface area (TPSA) is 73.5 Å². The van der Waals surface area contributed by atoms with Crippen molar-refractivity contribution in [3.8, 4) is 0 Å². The van der Waals surface area contributed by atoms with Crippen LogP contribution in [0.25, 0.3) is 0 Å². The molecule has 3 amide bonds. The Bertz CT molecular complexity index is 1200. The van der Waals surface area contributed by atoms with E-state index in [4.69, 9.17) is 11.6 Å². The van der Waals surface area contributed by atoms with Gasteiger partial charge in [-0.05, 0) is 48.6 Å². The lowest BCUT2D eigenvalue weighted by molar-refractivity contribution is -0.118. The van der Waals surface area contributed by atoms with Crippen molar-refractivity contribution in [2.75, 3.05) is 18.4 Å². The predicted molar refractivity (Wildman–Crippen MR) is 134 cm³/mol. The fraction of sp³-hybridized carbons (Fsp3) is 0.259. The Morgan fingerprint density at radius 2 is 1.62 bits per heavy atom. The SMILES string of the molecule is O=C1Nc2ccccc2C(c2ccccc2)(c2cccc(Cl)c2)NC1NC(=O)N1CCCCC1. The van der Waals surface area contributed by atoms with Crippen LogP contribution in [-0.2, 0) is 10.3 Å². The number of para-hydroxylation sites is 1. The molecule has 7 heteroatoms. The van der Waals surface area contributed by atoms with Crippen LogP contribution in [0.5, 0.6) is 0 Å². The summed E-state index contributed by atoms with van der Waals surface area (Å²) in [5, 5.41) is 10.1. The fourth-order valence-electron chi connectivity index (χ4n) is 4.95. The zero-order chi connectivity index (χ0) is 23.5. The molecule has 0 spiro atoms. The number of carbonyl (C=O) groups is 2. The van der Waals surface area contributed by atoms with Gasteiger partial charge >= 0.3 is 6.03 Å². The minimum absolute atomic E-state index is 0.244. The van der Waals surface area contributed by atoms with Crippen molar-refractivity contribution in [1.82, 2.24) is 15.5 Å². The maximum atomic E-state index is 13.4. The molecule has 6 nitrogen and oxygen atoms in total. The molecule has 0 saturated carbocycles. The largest absolute Gasteiger partial charge is 0.325 e. The molecule has 2 aliphatic heterocycles. The van der Waals surface area contributed by atoms with E-state index in [1.54, 1.807) is 4.90 Å². The second-order valence-electron chi connectivity index (χ2n) is 8.74. The van der Waals surface area contributed by atoms with Gasteiger partial charge in [-0.25, -0.2) is 4.79 Å². The summed E-state index contributed by atoms with van der Waals surface area (Å²) < 4.78 is 0. The summed E-state index contributed by atoms with van der Waals surface area (Å²) in [5.41, 5.74) is 2.40. The fourth-order valence-corrected chi connectivity index (χ4v) is 5.14. The number of nitrogens with one attached hydrogen (secondary N) is 3. The van der Waals surface area contributed by atoms with Crippen molar-refractivity contribution in [1.29, 1.82) is 0 Å². The van der Waals surface area contributed by atoms with Crippen LogP contribution in [0.1, 0.15) is 36.0 Å². The number of nitrogens with zero attached hydrogens (tertiary/aromatic N) is 1. The third-order valence-corrected chi connectivity index (χ3v) is 6.82. The van der Waals surface area contributed by atoms with Gasteiger partial charge in [0.05, 0.1) is 5.54 Å². The molecule has 3 aromatic carbocycles. The van der Waals surface area contributed by atoms with Gasteiger partial charge in [-0.2, -0.15) is 0 Å². The van der Waals surface area contributed by atoms with Crippen molar-refractivity contribution < 1.29 is 9.59 Å². The highest BCUT2D eigenvalue weighted by Gasteiger charge is 2.44. The number of amides is 3. The lowest BCUT2D eigenvalue weighted by atomic mass is 9.76. The third kappa shape index (κ3) is 4.15. The van der Waals surface area contributed by atoms with Gasteiger partial charge in [0, 0.05) is 29.4 Å². The van der Waals surface area contributed by atoms with E-state index in [0.29, 0.717) is 23.8 Å². The van der Waals surface area contributed by atoms with E-state index < -0.39 is 11.7 Å². The van der Waals surface area contributed by atoms with Gasteiger partial charge in [0.15, 0.2) is 6.17 Å². The molecular weight excluding hydrogens is 448 g/mol. The molecule has 0 aliphatic carbocycles. The molecule has 2 aliphatic rings. The molecule has 5 rings (SSSR count). The number of rotatable bonds is 3. The quantitative estimate of drug-likeness (QED) is 0.515. The van der Waals surface area contributed by atoms with Crippen LogP contribution in [0.4, 0.5) is 10.5 Å². The van der Waals surface area contributed by atoms with Gasteiger partial charge in [0.2, 0.25) is 0 Å². The molecule has 0 radical (unpaired) electrons. The minimum atomic E-state index is -0.971. The van der Waals surface area contributed by atoms with Gasteiger partial charge in [-0.15, -0.1) is 0 Å². The van der Waals surface area contributed by atoms with E-state index in [2.05, 4.69) is 16.0 Å². The predicted octanol–water partition coefficient (Wildman–Crippen LogP) is 4.70. The Labute approximate surface area is 204 Å². The van der Waals surface area contributed by atoms with Gasteiger partial charge in [0.1, 0.15) is 0 Å². The summed E-state index contributed by atoms with van der Waals surface area (Å²) in [5.74, 6) is -0.322. The molecule has 34 heavy (non-hydrogen) atoms. The first kappa shape index (κ1) is 22.4. The van der Waals surface area contributed by atoms with E-state index >= 15 is 0 Å². The molecule has 1 fully saturated rings. The number of carbonyl (C=O) groups excluding carboxylic acids is 2. The second kappa shape index (κ2) is 9.49. The summed E-state index contributed by atoms with van der Waals surface area (Å²) >= 11 is 6.45. The van der Waals surface area contributed by atoms with Crippen molar-refractivity contribution in [2.45, 2.75) is 31.0 Å². The van der Waals surface area contributed by atoms with E-state index in [0.717, 1.165) is 36.0 Å². The maximum absolute atomic E-state index is 13.4.